The zero-order valence-corrected chi connectivity index (χ0v) is 15.5. The molecule has 1 aliphatic rings. The van der Waals surface area contributed by atoms with Gasteiger partial charge in [0.1, 0.15) is 0 Å². The number of nitrogens with one attached hydrogen (secondary N) is 2. The average molecular weight is 345 g/mol. The normalized spacial score (nSPS) is 15.8. The van der Waals surface area contributed by atoms with Gasteiger partial charge in [-0.05, 0) is 38.2 Å². The fraction of sp³-hybridized carbons (Fsp3) is 0.600. The van der Waals surface area contributed by atoms with Crippen LogP contribution in [0.1, 0.15) is 44.6 Å². The van der Waals surface area contributed by atoms with Gasteiger partial charge in [0.05, 0.1) is 0 Å². The molecule has 0 unspecified atom stereocenters. The summed E-state index contributed by atoms with van der Waals surface area (Å²) in [4.78, 5) is 18.6. The van der Waals surface area contributed by atoms with Crippen LogP contribution in [0.4, 0.5) is 0 Å². The summed E-state index contributed by atoms with van der Waals surface area (Å²) >= 11 is 0. The van der Waals surface area contributed by atoms with E-state index in [2.05, 4.69) is 46.8 Å². The van der Waals surface area contributed by atoms with Crippen LogP contribution in [0.25, 0.3) is 0 Å². The van der Waals surface area contributed by atoms with Gasteiger partial charge in [0.15, 0.2) is 5.96 Å². The first-order valence-corrected chi connectivity index (χ1v) is 9.63. The first-order chi connectivity index (χ1) is 12.3. The molecule has 1 aromatic carbocycles. The lowest BCUT2D eigenvalue weighted by Crippen LogP contribution is -2.38. The molecule has 0 radical (unpaired) electrons. The van der Waals surface area contributed by atoms with Crippen LogP contribution in [0, 0.1) is 0 Å². The lowest BCUT2D eigenvalue weighted by atomic mass is 10.1. The molecule has 0 spiro atoms. The third-order valence-corrected chi connectivity index (χ3v) is 4.42. The van der Waals surface area contributed by atoms with E-state index in [1.54, 1.807) is 0 Å². The minimum absolute atomic E-state index is 0.314. The molecule has 5 nitrogen and oxygen atoms in total. The van der Waals surface area contributed by atoms with E-state index >= 15 is 0 Å². The lowest BCUT2D eigenvalue weighted by molar-refractivity contribution is -0.130. The zero-order valence-electron chi connectivity index (χ0n) is 15.5. The predicted molar refractivity (Wildman–Crippen MR) is 104 cm³/mol. The number of hydrogen-bond donors (Lipinski definition) is 2. The van der Waals surface area contributed by atoms with Gasteiger partial charge in [0, 0.05) is 39.1 Å². The SMILES string of the molecule is CCNC(=NCCCN1CCCCCC1=O)NCCc1ccccc1. The van der Waals surface area contributed by atoms with Gasteiger partial charge in [-0.3, -0.25) is 9.79 Å². The van der Waals surface area contributed by atoms with Gasteiger partial charge in [0.2, 0.25) is 5.91 Å². The minimum atomic E-state index is 0.314. The summed E-state index contributed by atoms with van der Waals surface area (Å²) in [5, 5.41) is 6.67. The van der Waals surface area contributed by atoms with Gasteiger partial charge in [-0.2, -0.15) is 0 Å². The van der Waals surface area contributed by atoms with Gasteiger partial charge in [-0.15, -0.1) is 0 Å². The molecule has 1 saturated heterocycles. The highest BCUT2D eigenvalue weighted by Crippen LogP contribution is 2.11. The van der Waals surface area contributed by atoms with Gasteiger partial charge in [-0.1, -0.05) is 36.8 Å². The number of hydrogen-bond acceptors (Lipinski definition) is 2. The molecule has 0 saturated carbocycles. The summed E-state index contributed by atoms with van der Waals surface area (Å²) in [6.07, 6.45) is 5.97. The molecule has 2 rings (SSSR count). The Bertz CT molecular complexity index is 530. The van der Waals surface area contributed by atoms with E-state index in [9.17, 15) is 4.79 Å². The fourth-order valence-electron chi connectivity index (χ4n) is 3.04. The van der Waals surface area contributed by atoms with Crippen LogP contribution in [-0.4, -0.2) is 49.5 Å². The fourth-order valence-corrected chi connectivity index (χ4v) is 3.04. The maximum Gasteiger partial charge on any atom is 0.222 e. The van der Waals surface area contributed by atoms with Crippen LogP contribution in [0.5, 0.6) is 0 Å². The highest BCUT2D eigenvalue weighted by Gasteiger charge is 2.15. The summed E-state index contributed by atoms with van der Waals surface area (Å²) in [6.45, 7) is 6.26. The van der Waals surface area contributed by atoms with E-state index in [1.165, 1.54) is 12.0 Å². The van der Waals surface area contributed by atoms with Gasteiger partial charge in [0.25, 0.3) is 0 Å². The van der Waals surface area contributed by atoms with Crippen molar-refractivity contribution in [2.45, 2.75) is 45.4 Å². The number of nitrogens with zero attached hydrogens (tertiary/aromatic N) is 2. The van der Waals surface area contributed by atoms with E-state index in [0.717, 1.165) is 64.4 Å². The first kappa shape index (κ1) is 19.3. The Balaban J connectivity index is 1.70. The Labute approximate surface area is 151 Å². The number of likely N-dealkylation sites (tertiary alicyclic amines) is 1. The number of guanidine groups is 1. The second-order valence-electron chi connectivity index (χ2n) is 6.47. The van der Waals surface area contributed by atoms with Crippen LogP contribution in [0.2, 0.25) is 0 Å². The Hall–Kier alpha value is -2.04. The van der Waals surface area contributed by atoms with Crippen molar-refractivity contribution in [3.05, 3.63) is 35.9 Å². The highest BCUT2D eigenvalue weighted by atomic mass is 16.2. The number of amides is 1. The van der Waals surface area contributed by atoms with Gasteiger partial charge >= 0.3 is 0 Å². The highest BCUT2D eigenvalue weighted by molar-refractivity contribution is 5.79. The van der Waals surface area contributed by atoms with E-state index in [1.807, 2.05) is 11.0 Å². The van der Waals surface area contributed by atoms with Crippen molar-refractivity contribution < 1.29 is 4.79 Å². The molecule has 0 aromatic heterocycles. The topological polar surface area (TPSA) is 56.7 Å². The quantitative estimate of drug-likeness (QED) is 0.433. The van der Waals surface area contributed by atoms with Crippen molar-refractivity contribution in [3.8, 4) is 0 Å². The molecule has 1 heterocycles. The van der Waals surface area contributed by atoms with E-state index in [0.29, 0.717) is 12.3 Å². The molecule has 1 aliphatic heterocycles. The van der Waals surface area contributed by atoms with Crippen molar-refractivity contribution in [2.75, 3.05) is 32.7 Å². The van der Waals surface area contributed by atoms with Crippen LogP contribution >= 0.6 is 0 Å². The second-order valence-corrected chi connectivity index (χ2v) is 6.47. The van der Waals surface area contributed by atoms with E-state index in [-0.39, 0.29) is 0 Å². The molecule has 1 aromatic rings. The predicted octanol–water partition coefficient (Wildman–Crippen LogP) is 2.58. The molecular formula is C20H32N4O. The van der Waals surface area contributed by atoms with Crippen molar-refractivity contribution in [2.24, 2.45) is 4.99 Å². The third kappa shape index (κ3) is 7.59. The van der Waals surface area contributed by atoms with Crippen molar-refractivity contribution >= 4 is 11.9 Å². The van der Waals surface area contributed by atoms with E-state index < -0.39 is 0 Å². The molecule has 2 N–H and O–H groups in total. The smallest absolute Gasteiger partial charge is 0.222 e. The summed E-state index contributed by atoms with van der Waals surface area (Å²) in [5.74, 6) is 1.18. The lowest BCUT2D eigenvalue weighted by Gasteiger charge is -2.20. The Morgan fingerprint density at radius 1 is 1.16 bits per heavy atom. The van der Waals surface area contributed by atoms with Crippen LogP contribution in [-0.2, 0) is 11.2 Å². The summed E-state index contributed by atoms with van der Waals surface area (Å²) in [7, 11) is 0. The number of aliphatic imine (C=N–C) groups is 1. The zero-order chi connectivity index (χ0) is 17.7. The second kappa shape index (κ2) is 11.5. The largest absolute Gasteiger partial charge is 0.357 e. The Morgan fingerprint density at radius 2 is 2.00 bits per heavy atom. The Kier molecular flexibility index (Phi) is 8.87. The molecule has 0 aliphatic carbocycles. The molecule has 5 heteroatoms. The molecule has 1 fully saturated rings. The van der Waals surface area contributed by atoms with Crippen molar-refractivity contribution in [3.63, 3.8) is 0 Å². The summed E-state index contributed by atoms with van der Waals surface area (Å²) in [6, 6.07) is 10.5. The molecule has 138 valence electrons. The van der Waals surface area contributed by atoms with Gasteiger partial charge in [-0.25, -0.2) is 0 Å². The summed E-state index contributed by atoms with van der Waals surface area (Å²) < 4.78 is 0. The molecule has 1 amide bonds. The third-order valence-electron chi connectivity index (χ3n) is 4.42. The van der Waals surface area contributed by atoms with Crippen molar-refractivity contribution in [1.29, 1.82) is 0 Å². The average Bonchev–Trinajstić information content (AvgIpc) is 2.84. The Morgan fingerprint density at radius 3 is 2.80 bits per heavy atom. The minimum Gasteiger partial charge on any atom is -0.357 e. The first-order valence-electron chi connectivity index (χ1n) is 9.63. The maximum absolute atomic E-state index is 12.0. The maximum atomic E-state index is 12.0. The number of carbonyl (C=O) groups is 1. The van der Waals surface area contributed by atoms with Gasteiger partial charge < -0.3 is 15.5 Å². The monoisotopic (exact) mass is 344 g/mol. The molecule has 0 atom stereocenters. The van der Waals surface area contributed by atoms with Crippen LogP contribution in [0.3, 0.4) is 0 Å². The standard InChI is InChI=1S/C20H32N4O/c1-2-21-20(23-15-13-18-10-5-3-6-11-18)22-14-9-17-24-16-8-4-7-12-19(24)25/h3,5-6,10-11H,2,4,7-9,12-17H2,1H3,(H2,21,22,23). The number of benzene rings is 1. The number of carbonyl (C=O) groups excluding carboxylic acids is 1. The summed E-state index contributed by atoms with van der Waals surface area (Å²) in [5.41, 5.74) is 1.32. The van der Waals surface area contributed by atoms with Crippen molar-refractivity contribution in [1.82, 2.24) is 15.5 Å². The molecule has 0 bridgehead atoms. The van der Waals surface area contributed by atoms with E-state index in [4.69, 9.17) is 0 Å². The molecular weight excluding hydrogens is 312 g/mol. The number of rotatable bonds is 8. The molecule has 25 heavy (non-hydrogen) atoms. The van der Waals surface area contributed by atoms with Crippen LogP contribution < -0.4 is 10.6 Å². The van der Waals surface area contributed by atoms with Crippen LogP contribution in [0.15, 0.2) is 35.3 Å².